The Morgan fingerprint density at radius 1 is 1.35 bits per heavy atom. The lowest BCUT2D eigenvalue weighted by atomic mass is 10.2. The quantitative estimate of drug-likeness (QED) is 0.463. The van der Waals surface area contributed by atoms with Crippen LogP contribution in [0.15, 0.2) is 18.2 Å². The molecule has 2 N–H and O–H groups in total. The zero-order chi connectivity index (χ0) is 15.2. The first-order valence-electron chi connectivity index (χ1n) is 6.20. The number of nitrogen functional groups attached to an aromatic ring is 1. The molecule has 0 aliphatic carbocycles. The highest BCUT2D eigenvalue weighted by atomic mass is 32.2. The zero-order valence-corrected chi connectivity index (χ0v) is 12.4. The van der Waals surface area contributed by atoms with Gasteiger partial charge in [0.05, 0.1) is 30.7 Å². The summed E-state index contributed by atoms with van der Waals surface area (Å²) in [4.78, 5) is 11.7. The minimum absolute atomic E-state index is 0.0154. The molecular weight excluding hydrogens is 282 g/mol. The number of ether oxygens (including phenoxy) is 2. The van der Waals surface area contributed by atoms with Crippen LogP contribution < -0.4 is 10.5 Å². The number of hydrogen-bond acceptors (Lipinski definition) is 6. The van der Waals surface area contributed by atoms with Crippen LogP contribution in [0.2, 0.25) is 0 Å². The molecule has 0 aromatic heterocycles. The summed E-state index contributed by atoms with van der Waals surface area (Å²) < 4.78 is 32.5. The van der Waals surface area contributed by atoms with E-state index in [1.807, 2.05) is 0 Å². The molecule has 0 radical (unpaired) electrons. The maximum Gasteiger partial charge on any atom is 0.338 e. The highest BCUT2D eigenvalue weighted by molar-refractivity contribution is 7.91. The number of nitrogens with two attached hydrogens (primary N) is 1. The molecule has 1 rings (SSSR count). The molecule has 1 aromatic carbocycles. The Hall–Kier alpha value is -1.76. The van der Waals surface area contributed by atoms with Crippen molar-refractivity contribution < 1.29 is 22.7 Å². The van der Waals surface area contributed by atoms with Crippen molar-refractivity contribution in [3.63, 3.8) is 0 Å². The molecule has 0 amide bonds. The SMILES string of the molecule is CCS(=O)(=O)CCCOC(=O)c1ccc(OC)c(N)c1. The van der Waals surface area contributed by atoms with Gasteiger partial charge in [-0.1, -0.05) is 6.92 Å². The van der Waals surface area contributed by atoms with Gasteiger partial charge in [-0.25, -0.2) is 13.2 Å². The number of sulfone groups is 1. The summed E-state index contributed by atoms with van der Waals surface area (Å²) >= 11 is 0. The van der Waals surface area contributed by atoms with Crippen LogP contribution in [0, 0.1) is 0 Å². The predicted molar refractivity (Wildman–Crippen MR) is 76.6 cm³/mol. The third kappa shape index (κ3) is 4.73. The normalized spacial score (nSPS) is 11.1. The summed E-state index contributed by atoms with van der Waals surface area (Å²) in [5, 5.41) is 0. The maximum absolute atomic E-state index is 11.7. The van der Waals surface area contributed by atoms with Crippen molar-refractivity contribution in [3.05, 3.63) is 23.8 Å². The van der Waals surface area contributed by atoms with Crippen LogP contribution in [0.1, 0.15) is 23.7 Å². The molecule has 0 aliphatic rings. The average Bonchev–Trinajstić information content (AvgIpc) is 2.43. The van der Waals surface area contributed by atoms with Crippen LogP contribution in [0.25, 0.3) is 0 Å². The molecule has 0 saturated carbocycles. The fourth-order valence-electron chi connectivity index (χ4n) is 1.53. The van der Waals surface area contributed by atoms with Crippen LogP contribution >= 0.6 is 0 Å². The van der Waals surface area contributed by atoms with Gasteiger partial charge in [0.1, 0.15) is 15.6 Å². The molecule has 0 unspecified atom stereocenters. The lowest BCUT2D eigenvalue weighted by Crippen LogP contribution is -2.13. The van der Waals surface area contributed by atoms with Gasteiger partial charge < -0.3 is 15.2 Å². The van der Waals surface area contributed by atoms with E-state index in [4.69, 9.17) is 15.2 Å². The molecule has 0 saturated heterocycles. The van der Waals surface area contributed by atoms with Crippen molar-refractivity contribution in [2.45, 2.75) is 13.3 Å². The van der Waals surface area contributed by atoms with Crippen molar-refractivity contribution in [2.24, 2.45) is 0 Å². The molecule has 20 heavy (non-hydrogen) atoms. The van der Waals surface area contributed by atoms with Crippen molar-refractivity contribution in [3.8, 4) is 5.75 Å². The highest BCUT2D eigenvalue weighted by Gasteiger charge is 2.11. The molecule has 6 nitrogen and oxygen atoms in total. The van der Waals surface area contributed by atoms with Gasteiger partial charge in [-0.3, -0.25) is 0 Å². The Morgan fingerprint density at radius 2 is 2.05 bits per heavy atom. The Morgan fingerprint density at radius 3 is 2.60 bits per heavy atom. The first-order valence-corrected chi connectivity index (χ1v) is 8.03. The van der Waals surface area contributed by atoms with E-state index in [2.05, 4.69) is 0 Å². The molecule has 0 bridgehead atoms. The molecular formula is C13H19NO5S. The average molecular weight is 301 g/mol. The highest BCUT2D eigenvalue weighted by Crippen LogP contribution is 2.22. The third-order valence-electron chi connectivity index (χ3n) is 2.74. The van der Waals surface area contributed by atoms with Crippen molar-refractivity contribution in [1.82, 2.24) is 0 Å². The van der Waals surface area contributed by atoms with E-state index in [9.17, 15) is 13.2 Å². The molecule has 0 fully saturated rings. The molecule has 1 aromatic rings. The monoisotopic (exact) mass is 301 g/mol. The van der Waals surface area contributed by atoms with Crippen molar-refractivity contribution >= 4 is 21.5 Å². The van der Waals surface area contributed by atoms with Gasteiger partial charge in [-0.05, 0) is 24.6 Å². The second-order valence-corrected chi connectivity index (χ2v) is 6.66. The zero-order valence-electron chi connectivity index (χ0n) is 11.6. The largest absolute Gasteiger partial charge is 0.495 e. The summed E-state index contributed by atoms with van der Waals surface area (Å²) in [6.45, 7) is 1.64. The number of methoxy groups -OCH3 is 1. The Kier molecular flexibility index (Phi) is 5.82. The molecule has 0 atom stereocenters. The van der Waals surface area contributed by atoms with Crippen LogP contribution in [0.3, 0.4) is 0 Å². The van der Waals surface area contributed by atoms with E-state index < -0.39 is 15.8 Å². The van der Waals surface area contributed by atoms with Gasteiger partial charge in [0.2, 0.25) is 0 Å². The Labute approximate surface area is 118 Å². The molecule has 0 aliphatic heterocycles. The van der Waals surface area contributed by atoms with Gasteiger partial charge in [0, 0.05) is 5.75 Å². The van der Waals surface area contributed by atoms with Gasteiger partial charge in [-0.15, -0.1) is 0 Å². The summed E-state index contributed by atoms with van der Waals surface area (Å²) in [5.41, 5.74) is 6.34. The lowest BCUT2D eigenvalue weighted by molar-refractivity contribution is 0.0505. The summed E-state index contributed by atoms with van der Waals surface area (Å²) in [5.74, 6) is 0.0566. The number of esters is 1. The molecule has 0 spiro atoms. The van der Waals surface area contributed by atoms with Crippen molar-refractivity contribution in [2.75, 3.05) is 31.0 Å². The first kappa shape index (κ1) is 16.3. The second-order valence-electron chi connectivity index (χ2n) is 4.18. The molecule has 7 heteroatoms. The topological polar surface area (TPSA) is 95.7 Å². The van der Waals surface area contributed by atoms with E-state index in [-0.39, 0.29) is 24.5 Å². The summed E-state index contributed by atoms with van der Waals surface area (Å²) in [6.07, 6.45) is 0.285. The van der Waals surface area contributed by atoms with Gasteiger partial charge in [-0.2, -0.15) is 0 Å². The standard InChI is InChI=1S/C13H19NO5S/c1-3-20(16,17)8-4-7-19-13(15)10-5-6-12(18-2)11(14)9-10/h5-6,9H,3-4,7-8,14H2,1-2H3. The smallest absolute Gasteiger partial charge is 0.338 e. The minimum Gasteiger partial charge on any atom is -0.495 e. The number of hydrogen-bond donors (Lipinski definition) is 1. The second kappa shape index (κ2) is 7.14. The van der Waals surface area contributed by atoms with E-state index in [1.165, 1.54) is 13.2 Å². The van der Waals surface area contributed by atoms with Crippen molar-refractivity contribution in [1.29, 1.82) is 0 Å². The summed E-state index contributed by atoms with van der Waals surface area (Å²) in [7, 11) is -1.54. The van der Waals surface area contributed by atoms with E-state index in [0.717, 1.165) is 0 Å². The predicted octanol–water partition coefficient (Wildman–Crippen LogP) is 1.26. The molecule has 0 heterocycles. The fraction of sp³-hybridized carbons (Fsp3) is 0.462. The first-order chi connectivity index (χ1) is 9.39. The summed E-state index contributed by atoms with van der Waals surface area (Å²) in [6, 6.07) is 4.58. The number of benzene rings is 1. The van der Waals surface area contributed by atoms with Crippen LogP contribution in [0.4, 0.5) is 5.69 Å². The van der Waals surface area contributed by atoms with E-state index in [0.29, 0.717) is 17.0 Å². The third-order valence-corrected chi connectivity index (χ3v) is 4.53. The fourth-order valence-corrected chi connectivity index (χ4v) is 2.38. The van der Waals surface area contributed by atoms with Crippen LogP contribution in [0.5, 0.6) is 5.75 Å². The number of carbonyl (C=O) groups is 1. The molecule has 112 valence electrons. The number of carbonyl (C=O) groups excluding carboxylic acids is 1. The van der Waals surface area contributed by atoms with E-state index >= 15 is 0 Å². The van der Waals surface area contributed by atoms with Gasteiger partial charge in [0.25, 0.3) is 0 Å². The Balaban J connectivity index is 2.49. The van der Waals surface area contributed by atoms with Crippen LogP contribution in [-0.4, -0.2) is 39.6 Å². The van der Waals surface area contributed by atoms with E-state index in [1.54, 1.807) is 19.1 Å². The van der Waals surface area contributed by atoms with Gasteiger partial charge in [0.15, 0.2) is 0 Å². The van der Waals surface area contributed by atoms with Gasteiger partial charge >= 0.3 is 5.97 Å². The maximum atomic E-state index is 11.7. The number of anilines is 1. The minimum atomic E-state index is -3.03. The number of rotatable bonds is 7. The van der Waals surface area contributed by atoms with Crippen LogP contribution in [-0.2, 0) is 14.6 Å². The lowest BCUT2D eigenvalue weighted by Gasteiger charge is -2.08. The Bertz CT molecular complexity index is 568.